The van der Waals surface area contributed by atoms with Gasteiger partial charge in [0, 0.05) is 11.4 Å². The molecule has 3 unspecified atom stereocenters. The van der Waals surface area contributed by atoms with Gasteiger partial charge in [-0.25, -0.2) is 0 Å². The summed E-state index contributed by atoms with van der Waals surface area (Å²) in [6.45, 7) is 14.4. The lowest BCUT2D eigenvalue weighted by atomic mass is 10.3. The molecule has 0 heterocycles. The molecule has 0 fully saturated rings. The summed E-state index contributed by atoms with van der Waals surface area (Å²) in [6.07, 6.45) is 2.28. The summed E-state index contributed by atoms with van der Waals surface area (Å²) in [7, 11) is 3.62. The van der Waals surface area contributed by atoms with Crippen molar-refractivity contribution in [2.45, 2.75) is 44.0 Å². The highest BCUT2D eigenvalue weighted by Crippen LogP contribution is 2.72. The van der Waals surface area contributed by atoms with E-state index in [0.29, 0.717) is 0 Å². The molecule has 7 heteroatoms. The van der Waals surface area contributed by atoms with Gasteiger partial charge in [-0.2, -0.15) is 0 Å². The summed E-state index contributed by atoms with van der Waals surface area (Å²) in [5.74, 6) is 1.05. The molecule has 33 heavy (non-hydrogen) atoms. The number of nitrogens with one attached hydrogen (secondary N) is 1. The molecule has 0 radical (unpaired) electrons. The number of anilines is 2. The molecule has 0 saturated heterocycles. The maximum absolute atomic E-state index is 3.99. The molecule has 0 amide bonds. The van der Waals surface area contributed by atoms with Crippen molar-refractivity contribution in [3.05, 3.63) is 60.7 Å². The fourth-order valence-electron chi connectivity index (χ4n) is 4.51. The topological polar surface area (TPSA) is 21.8 Å². The largest absolute Gasteiger partial charge is 0.313 e. The molecule has 0 bridgehead atoms. The van der Waals surface area contributed by atoms with Crippen LogP contribution >= 0.6 is 31.6 Å². The van der Waals surface area contributed by atoms with Gasteiger partial charge in [0.1, 0.15) is 5.40 Å². The van der Waals surface area contributed by atoms with Crippen LogP contribution in [-0.2, 0) is 0 Å². The second-order valence-corrected chi connectivity index (χ2v) is 14.0. The summed E-state index contributed by atoms with van der Waals surface area (Å²) < 4.78 is 2.49. The second-order valence-electron chi connectivity index (χ2n) is 8.10. The Morgan fingerprint density at radius 2 is 1.33 bits per heavy atom. The van der Waals surface area contributed by atoms with Crippen molar-refractivity contribution < 1.29 is 0 Å². The van der Waals surface area contributed by atoms with E-state index in [4.69, 9.17) is 0 Å². The normalized spacial score (nSPS) is 16.4. The van der Waals surface area contributed by atoms with E-state index in [-0.39, 0.29) is 9.35 Å². The lowest BCUT2D eigenvalue weighted by molar-refractivity contribution is 0.160. The van der Waals surface area contributed by atoms with Crippen LogP contribution in [0.1, 0.15) is 34.6 Å². The van der Waals surface area contributed by atoms with Gasteiger partial charge >= 0.3 is 0 Å². The number of nitrogens with zero attached hydrogens (tertiary/aromatic N) is 3. The minimum atomic E-state index is -0.872. The van der Waals surface area contributed by atoms with Gasteiger partial charge in [0.2, 0.25) is 0 Å². The van der Waals surface area contributed by atoms with Crippen molar-refractivity contribution in [1.82, 2.24) is 15.1 Å². The summed E-state index contributed by atoms with van der Waals surface area (Å²) in [6, 6.07) is 21.9. The molecular formula is C26H43N4PS2. The van der Waals surface area contributed by atoms with Gasteiger partial charge in [0.05, 0.1) is 8.07 Å². The third-order valence-corrected chi connectivity index (χ3v) is 13.8. The predicted molar refractivity (Wildman–Crippen MR) is 155 cm³/mol. The molecule has 4 nitrogen and oxygen atoms in total. The summed E-state index contributed by atoms with van der Waals surface area (Å²) in [5, 5.41) is 3.77. The van der Waals surface area contributed by atoms with Crippen molar-refractivity contribution in [2.75, 3.05) is 50.4 Å². The van der Waals surface area contributed by atoms with E-state index in [1.807, 2.05) is 11.8 Å². The van der Waals surface area contributed by atoms with Crippen LogP contribution in [0.15, 0.2) is 60.7 Å². The fourth-order valence-corrected chi connectivity index (χ4v) is 12.6. The van der Waals surface area contributed by atoms with Crippen LogP contribution in [0, 0.1) is 0 Å². The predicted octanol–water partition coefficient (Wildman–Crippen LogP) is 7.14. The minimum Gasteiger partial charge on any atom is -0.313 e. The van der Waals surface area contributed by atoms with Crippen LogP contribution in [0.25, 0.3) is 0 Å². The van der Waals surface area contributed by atoms with Crippen molar-refractivity contribution in [3.8, 4) is 0 Å². The molecule has 0 aromatic heterocycles. The Hall–Kier alpha value is -0.750. The minimum absolute atomic E-state index is 0.144. The van der Waals surface area contributed by atoms with Crippen molar-refractivity contribution in [1.29, 1.82) is 0 Å². The standard InChI is InChI=1S/C26H43N4PS2/c1-9-27-25(5,29(10-2)11-3)31(26(32-8,28(6)7)33-12-4)30(23-19-15-13-16-20-23)24-21-17-14-18-22-24/h13-22,27H,9-12H2,1-8H3. The zero-order valence-electron chi connectivity index (χ0n) is 21.7. The average molecular weight is 507 g/mol. The van der Waals surface area contributed by atoms with Gasteiger partial charge in [0.25, 0.3) is 0 Å². The molecule has 1 N–H and O–H groups in total. The van der Waals surface area contributed by atoms with Gasteiger partial charge in [-0.15, -0.1) is 23.5 Å². The van der Waals surface area contributed by atoms with E-state index in [0.717, 1.165) is 25.4 Å². The summed E-state index contributed by atoms with van der Waals surface area (Å²) >= 11 is 4.03. The molecule has 2 rings (SSSR count). The molecule has 0 aliphatic carbocycles. The Balaban J connectivity index is 2.96. The zero-order chi connectivity index (χ0) is 24.5. The molecule has 2 aromatic carbocycles. The maximum Gasteiger partial charge on any atom is 0.155 e. The first-order valence-electron chi connectivity index (χ1n) is 11.9. The quantitative estimate of drug-likeness (QED) is 0.216. The Morgan fingerprint density at radius 1 is 0.848 bits per heavy atom. The Labute approximate surface area is 212 Å². The first-order valence-corrected chi connectivity index (χ1v) is 15.4. The van der Waals surface area contributed by atoms with E-state index in [1.54, 1.807) is 0 Å². The van der Waals surface area contributed by atoms with E-state index in [9.17, 15) is 0 Å². The maximum atomic E-state index is 3.99. The average Bonchev–Trinajstić information content (AvgIpc) is 2.83. The van der Waals surface area contributed by atoms with Gasteiger partial charge in [-0.05, 0) is 76.9 Å². The van der Waals surface area contributed by atoms with Crippen LogP contribution in [0.3, 0.4) is 0 Å². The number of rotatable bonds is 14. The number of hydrogen-bond acceptors (Lipinski definition) is 6. The third-order valence-electron chi connectivity index (χ3n) is 5.94. The highest BCUT2D eigenvalue weighted by Gasteiger charge is 2.56. The number of hydrogen-bond donors (Lipinski definition) is 1. The molecule has 2 aromatic rings. The molecule has 0 saturated carbocycles. The van der Waals surface area contributed by atoms with Crippen molar-refractivity contribution in [2.24, 2.45) is 0 Å². The highest BCUT2D eigenvalue weighted by molar-refractivity contribution is 8.25. The lowest BCUT2D eigenvalue weighted by Crippen LogP contribution is -2.61. The number of thioether (sulfide) groups is 2. The number of para-hydroxylation sites is 2. The Kier molecular flexibility index (Phi) is 11.5. The van der Waals surface area contributed by atoms with Gasteiger partial charge < -0.3 is 4.67 Å². The molecule has 0 aliphatic heterocycles. The van der Waals surface area contributed by atoms with Crippen LogP contribution in [0.4, 0.5) is 11.4 Å². The van der Waals surface area contributed by atoms with Crippen molar-refractivity contribution in [3.63, 3.8) is 0 Å². The van der Waals surface area contributed by atoms with Crippen LogP contribution < -0.4 is 9.99 Å². The number of benzene rings is 2. The first kappa shape index (κ1) is 28.5. The van der Waals surface area contributed by atoms with Crippen LogP contribution in [-0.4, -0.2) is 64.9 Å². The van der Waals surface area contributed by atoms with E-state index >= 15 is 0 Å². The fraction of sp³-hybridized carbons (Fsp3) is 0.538. The van der Waals surface area contributed by atoms with Gasteiger partial charge in [0.15, 0.2) is 3.94 Å². The van der Waals surface area contributed by atoms with Crippen molar-refractivity contribution >= 4 is 43.0 Å². The van der Waals surface area contributed by atoms with E-state index in [2.05, 4.69) is 147 Å². The first-order chi connectivity index (χ1) is 15.9. The molecule has 0 spiro atoms. The monoisotopic (exact) mass is 506 g/mol. The smallest absolute Gasteiger partial charge is 0.155 e. The highest BCUT2D eigenvalue weighted by atomic mass is 32.2. The van der Waals surface area contributed by atoms with E-state index < -0.39 is 8.07 Å². The SMILES string of the molecule is CCNC(C)(N(CC)CC)P(N(c1ccccc1)c1ccccc1)C(SC)(SCC)N(C)C. The lowest BCUT2D eigenvalue weighted by Gasteiger charge is -2.58. The van der Waals surface area contributed by atoms with Gasteiger partial charge in [-0.1, -0.05) is 64.1 Å². The van der Waals surface area contributed by atoms with Gasteiger partial charge in [-0.3, -0.25) is 15.1 Å². The molecule has 0 aliphatic rings. The van der Waals surface area contributed by atoms with Crippen LogP contribution in [0.2, 0.25) is 0 Å². The second kappa shape index (κ2) is 13.4. The summed E-state index contributed by atoms with van der Waals surface area (Å²) in [4.78, 5) is 5.07. The summed E-state index contributed by atoms with van der Waals surface area (Å²) in [5.41, 5.74) is 2.48. The molecule has 184 valence electrons. The Morgan fingerprint density at radius 3 is 1.67 bits per heavy atom. The molecular weight excluding hydrogens is 463 g/mol. The van der Waals surface area contributed by atoms with Crippen LogP contribution in [0.5, 0.6) is 0 Å². The molecule has 3 atom stereocenters. The Bertz CT molecular complexity index is 767. The van der Waals surface area contributed by atoms with E-state index in [1.165, 1.54) is 11.4 Å². The third kappa shape index (κ3) is 6.09. The zero-order valence-corrected chi connectivity index (χ0v) is 24.2.